The highest BCUT2D eigenvalue weighted by Crippen LogP contribution is 2.28. The first kappa shape index (κ1) is 20.7. The summed E-state index contributed by atoms with van der Waals surface area (Å²) in [5.41, 5.74) is 1.08. The molecule has 1 amide bonds. The van der Waals surface area contributed by atoms with E-state index in [-0.39, 0.29) is 34.9 Å². The van der Waals surface area contributed by atoms with Gasteiger partial charge in [0.05, 0.1) is 15.8 Å². The predicted octanol–water partition coefficient (Wildman–Crippen LogP) is 2.71. The van der Waals surface area contributed by atoms with Crippen LogP contribution in [0, 0.1) is 14.9 Å². The summed E-state index contributed by atoms with van der Waals surface area (Å²) in [6, 6.07) is 13.7. The van der Waals surface area contributed by atoms with Crippen LogP contribution in [0.5, 0.6) is 0 Å². The number of rotatable bonds is 5. The number of hydrogen-bond donors (Lipinski definition) is 1. The zero-order valence-corrected chi connectivity index (χ0v) is 17.5. The van der Waals surface area contributed by atoms with E-state index in [0.717, 1.165) is 0 Å². The lowest BCUT2D eigenvalue weighted by molar-refractivity contribution is -0.384. The number of carbonyl (C=O) groups excluding carboxylic acids is 1. The van der Waals surface area contributed by atoms with Crippen LogP contribution >= 0.6 is 12.2 Å². The lowest BCUT2D eigenvalue weighted by Crippen LogP contribution is -2.49. The minimum Gasteiger partial charge on any atom is -0.362 e. The minimum atomic E-state index is -0.391. The van der Waals surface area contributed by atoms with E-state index < -0.39 is 4.92 Å². The van der Waals surface area contributed by atoms with Crippen LogP contribution in [0.1, 0.15) is 6.42 Å². The molecule has 1 aliphatic heterocycles. The van der Waals surface area contributed by atoms with Gasteiger partial charge in [-0.2, -0.15) is 0 Å². The Morgan fingerprint density at radius 3 is 2.48 bits per heavy atom. The molecule has 0 aliphatic carbocycles. The molecule has 0 radical (unpaired) electrons. The fraction of sp³-hybridized carbons (Fsp3) is 0.286. The molecule has 31 heavy (non-hydrogen) atoms. The number of hydrogen-bond acceptors (Lipinski definition) is 6. The van der Waals surface area contributed by atoms with E-state index >= 15 is 0 Å². The molecule has 1 aliphatic rings. The number of para-hydroxylation sites is 3. The molecule has 0 unspecified atom stereocenters. The number of aromatic amines is 1. The summed E-state index contributed by atoms with van der Waals surface area (Å²) < 4.78 is 1.71. The molecule has 1 saturated heterocycles. The average molecular weight is 439 g/mol. The van der Waals surface area contributed by atoms with E-state index in [0.29, 0.717) is 42.8 Å². The highest BCUT2D eigenvalue weighted by molar-refractivity contribution is 7.71. The Morgan fingerprint density at radius 2 is 1.74 bits per heavy atom. The monoisotopic (exact) mass is 439 g/mol. The summed E-state index contributed by atoms with van der Waals surface area (Å²) in [6.45, 7) is 2.14. The van der Waals surface area contributed by atoms with E-state index in [4.69, 9.17) is 12.2 Å². The van der Waals surface area contributed by atoms with Crippen molar-refractivity contribution in [3.63, 3.8) is 0 Å². The molecule has 2 aromatic carbocycles. The average Bonchev–Trinajstić information content (AvgIpc) is 2.79. The Morgan fingerprint density at radius 1 is 1.06 bits per heavy atom. The highest BCUT2D eigenvalue weighted by atomic mass is 32.1. The molecular formula is C21H21N5O4S. The number of benzene rings is 2. The summed E-state index contributed by atoms with van der Waals surface area (Å²) in [6.07, 6.45) is 0.154. The summed E-state index contributed by atoms with van der Waals surface area (Å²) in [5.74, 6) is -0.0725. The molecule has 1 N–H and O–H groups in total. The predicted molar refractivity (Wildman–Crippen MR) is 120 cm³/mol. The molecule has 160 valence electrons. The molecule has 4 rings (SSSR count). The number of nitrogens with zero attached hydrogens (tertiary/aromatic N) is 4. The molecule has 0 bridgehead atoms. The Balaban J connectivity index is 1.41. The summed E-state index contributed by atoms with van der Waals surface area (Å²) >= 11 is 5.30. The van der Waals surface area contributed by atoms with Gasteiger partial charge in [0, 0.05) is 45.2 Å². The third-order valence-corrected chi connectivity index (χ3v) is 5.81. The number of nitro benzene ring substituents is 1. The zero-order chi connectivity index (χ0) is 22.0. The zero-order valence-electron chi connectivity index (χ0n) is 16.7. The van der Waals surface area contributed by atoms with Crippen molar-refractivity contribution in [2.75, 3.05) is 31.1 Å². The Labute approximate surface area is 182 Å². The van der Waals surface area contributed by atoms with Gasteiger partial charge in [0.2, 0.25) is 5.91 Å². The molecule has 0 saturated carbocycles. The lowest BCUT2D eigenvalue weighted by Gasteiger charge is -2.35. The van der Waals surface area contributed by atoms with Gasteiger partial charge < -0.3 is 14.8 Å². The van der Waals surface area contributed by atoms with Gasteiger partial charge in [0.1, 0.15) is 5.69 Å². The van der Waals surface area contributed by atoms with Gasteiger partial charge in [-0.25, -0.2) is 0 Å². The largest absolute Gasteiger partial charge is 0.362 e. The van der Waals surface area contributed by atoms with Crippen LogP contribution in [0.25, 0.3) is 10.9 Å². The third-order valence-electron chi connectivity index (χ3n) is 5.49. The van der Waals surface area contributed by atoms with Crippen molar-refractivity contribution in [1.29, 1.82) is 0 Å². The molecule has 9 nitrogen and oxygen atoms in total. The number of H-pyrrole nitrogens is 1. The van der Waals surface area contributed by atoms with Gasteiger partial charge in [0.25, 0.3) is 11.2 Å². The number of nitro groups is 1. The van der Waals surface area contributed by atoms with Crippen molar-refractivity contribution in [1.82, 2.24) is 14.5 Å². The van der Waals surface area contributed by atoms with Crippen LogP contribution in [-0.2, 0) is 11.3 Å². The molecule has 0 spiro atoms. The standard InChI is InChI=1S/C21H21N5O4S/c27-19(9-10-25-20(28)15-5-1-2-6-16(15)22-21(25)31)24-13-11-23(12-14-24)17-7-3-4-8-18(17)26(29)30/h1-8H,9-14H2,(H,22,31). The number of nitrogens with one attached hydrogen (secondary N) is 1. The van der Waals surface area contributed by atoms with E-state index in [1.165, 1.54) is 10.6 Å². The smallest absolute Gasteiger partial charge is 0.292 e. The second-order valence-electron chi connectivity index (χ2n) is 7.30. The van der Waals surface area contributed by atoms with Gasteiger partial charge in [-0.1, -0.05) is 24.3 Å². The first-order valence-corrected chi connectivity index (χ1v) is 10.3. The summed E-state index contributed by atoms with van der Waals surface area (Å²) in [4.78, 5) is 43.0. The van der Waals surface area contributed by atoms with Gasteiger partial charge in [-0.3, -0.25) is 24.3 Å². The maximum Gasteiger partial charge on any atom is 0.292 e. The van der Waals surface area contributed by atoms with E-state index in [9.17, 15) is 19.7 Å². The van der Waals surface area contributed by atoms with Crippen molar-refractivity contribution >= 4 is 40.4 Å². The van der Waals surface area contributed by atoms with Crippen LogP contribution in [0.4, 0.5) is 11.4 Å². The van der Waals surface area contributed by atoms with Crippen LogP contribution in [0.3, 0.4) is 0 Å². The Hall–Kier alpha value is -3.53. The van der Waals surface area contributed by atoms with Gasteiger partial charge >= 0.3 is 0 Å². The maximum atomic E-state index is 12.7. The molecule has 1 fully saturated rings. The molecule has 1 aromatic heterocycles. The number of piperazine rings is 1. The topological polar surface area (TPSA) is 104 Å². The van der Waals surface area contributed by atoms with Crippen molar-refractivity contribution in [3.8, 4) is 0 Å². The molecule has 0 atom stereocenters. The Bertz CT molecular complexity index is 1260. The van der Waals surface area contributed by atoms with E-state index in [1.54, 1.807) is 41.3 Å². The van der Waals surface area contributed by atoms with Gasteiger partial charge in [-0.05, 0) is 30.4 Å². The van der Waals surface area contributed by atoms with Crippen LogP contribution in [0.2, 0.25) is 0 Å². The number of anilines is 1. The van der Waals surface area contributed by atoms with Crippen LogP contribution < -0.4 is 10.5 Å². The maximum absolute atomic E-state index is 12.7. The SMILES string of the molecule is O=C(CCn1c(=S)[nH]c2ccccc2c1=O)N1CCN(c2ccccc2[N+](=O)[O-])CC1. The van der Waals surface area contributed by atoms with Crippen molar-refractivity contribution in [2.24, 2.45) is 0 Å². The summed E-state index contributed by atoms with van der Waals surface area (Å²) in [7, 11) is 0. The first-order chi connectivity index (χ1) is 15.0. The first-order valence-electron chi connectivity index (χ1n) is 9.93. The third kappa shape index (κ3) is 4.19. The molecule has 3 aromatic rings. The van der Waals surface area contributed by atoms with Crippen molar-refractivity contribution in [3.05, 3.63) is 73.8 Å². The van der Waals surface area contributed by atoms with Crippen molar-refractivity contribution < 1.29 is 9.72 Å². The second kappa shape index (κ2) is 8.68. The normalized spacial score (nSPS) is 14.1. The van der Waals surface area contributed by atoms with Crippen LogP contribution in [-0.4, -0.2) is 51.5 Å². The molecular weight excluding hydrogens is 418 g/mol. The Kier molecular flexibility index (Phi) is 5.81. The number of fused-ring (bicyclic) bond motifs is 1. The highest BCUT2D eigenvalue weighted by Gasteiger charge is 2.25. The number of carbonyl (C=O) groups is 1. The van der Waals surface area contributed by atoms with E-state index in [2.05, 4.69) is 4.98 Å². The lowest BCUT2D eigenvalue weighted by atomic mass is 10.2. The van der Waals surface area contributed by atoms with E-state index in [1.807, 2.05) is 11.0 Å². The molecule has 10 heteroatoms. The number of aromatic nitrogens is 2. The minimum absolute atomic E-state index is 0.0622. The molecule has 2 heterocycles. The second-order valence-corrected chi connectivity index (χ2v) is 7.68. The fourth-order valence-electron chi connectivity index (χ4n) is 3.85. The fourth-order valence-corrected chi connectivity index (χ4v) is 4.13. The van der Waals surface area contributed by atoms with Crippen molar-refractivity contribution in [2.45, 2.75) is 13.0 Å². The van der Waals surface area contributed by atoms with Gasteiger partial charge in [-0.15, -0.1) is 0 Å². The van der Waals surface area contributed by atoms with Gasteiger partial charge in [0.15, 0.2) is 4.77 Å². The quantitative estimate of drug-likeness (QED) is 0.372. The number of amides is 1. The van der Waals surface area contributed by atoms with Crippen LogP contribution in [0.15, 0.2) is 53.3 Å². The summed E-state index contributed by atoms with van der Waals surface area (Å²) in [5, 5.41) is 11.8.